The Morgan fingerprint density at radius 2 is 1.94 bits per heavy atom. The molecule has 0 aliphatic heterocycles. The summed E-state index contributed by atoms with van der Waals surface area (Å²) in [6, 6.07) is 4.06. The van der Waals surface area contributed by atoms with Gasteiger partial charge in [0.2, 0.25) is 0 Å². The maximum atomic E-state index is 10.9. The molecule has 0 atom stereocenters. The predicted octanol–water partition coefficient (Wildman–Crippen LogP) is 0.569. The molecule has 0 aliphatic rings. The fourth-order valence-corrected chi connectivity index (χ4v) is 1.47. The molecule has 0 saturated carbocycles. The summed E-state index contributed by atoms with van der Waals surface area (Å²) in [7, 11) is -2.28. The lowest BCUT2D eigenvalue weighted by Crippen LogP contribution is -2.06. The highest BCUT2D eigenvalue weighted by atomic mass is 32.2. The second-order valence-corrected chi connectivity index (χ2v) is 4.39. The maximum Gasteiger partial charge on any atom is 0.306 e. The number of benzene rings is 1. The molecule has 0 N–H and O–H groups in total. The van der Waals surface area contributed by atoms with Crippen LogP contribution in [0.2, 0.25) is 0 Å². The molecule has 0 radical (unpaired) electrons. The molecule has 88 valence electrons. The first-order valence-corrected chi connectivity index (χ1v) is 5.95. The molecule has 0 amide bonds. The summed E-state index contributed by atoms with van der Waals surface area (Å²) in [5.74, 6) is 0.417. The van der Waals surface area contributed by atoms with Crippen molar-refractivity contribution in [3.63, 3.8) is 0 Å². The number of hydrogen-bond acceptors (Lipinski definition) is 6. The molecule has 0 unspecified atom stereocenters. The van der Waals surface area contributed by atoms with Crippen LogP contribution in [0.5, 0.6) is 17.2 Å². The standard InChI is InChI=1S/C9H10O6S/c1-13-9-5-7(14-6-10)3-4-8(9)15-16(2,11)12/h3-6H,1-2H3. The topological polar surface area (TPSA) is 78.9 Å². The van der Waals surface area contributed by atoms with Crippen molar-refractivity contribution in [3.05, 3.63) is 18.2 Å². The number of methoxy groups -OCH3 is 1. The van der Waals surface area contributed by atoms with Gasteiger partial charge in [0, 0.05) is 6.07 Å². The summed E-state index contributed by atoms with van der Waals surface area (Å²) in [6.45, 7) is 0.256. The Balaban J connectivity index is 3.06. The van der Waals surface area contributed by atoms with Crippen LogP contribution in [-0.4, -0.2) is 28.3 Å². The average Bonchev–Trinajstić information content (AvgIpc) is 2.18. The van der Waals surface area contributed by atoms with Gasteiger partial charge in [-0.1, -0.05) is 0 Å². The number of ether oxygens (including phenoxy) is 2. The molecule has 7 heteroatoms. The third-order valence-electron chi connectivity index (χ3n) is 1.56. The molecule has 16 heavy (non-hydrogen) atoms. The van der Waals surface area contributed by atoms with Crippen LogP contribution >= 0.6 is 0 Å². The Morgan fingerprint density at radius 3 is 2.44 bits per heavy atom. The van der Waals surface area contributed by atoms with E-state index in [0.29, 0.717) is 0 Å². The van der Waals surface area contributed by atoms with Crippen molar-refractivity contribution in [1.82, 2.24) is 0 Å². The van der Waals surface area contributed by atoms with Gasteiger partial charge >= 0.3 is 10.1 Å². The van der Waals surface area contributed by atoms with Crippen molar-refractivity contribution in [3.8, 4) is 17.2 Å². The van der Waals surface area contributed by atoms with Crippen LogP contribution in [0.25, 0.3) is 0 Å². The lowest BCUT2D eigenvalue weighted by atomic mass is 10.3. The molecule has 0 bridgehead atoms. The van der Waals surface area contributed by atoms with E-state index in [1.54, 1.807) is 0 Å². The molecule has 1 aromatic carbocycles. The molecule has 0 fully saturated rings. The highest BCUT2D eigenvalue weighted by Gasteiger charge is 2.11. The van der Waals surface area contributed by atoms with Crippen LogP contribution in [0.15, 0.2) is 18.2 Å². The molecule has 0 aliphatic carbocycles. The Labute approximate surface area is 92.9 Å². The first-order chi connectivity index (χ1) is 7.46. The zero-order valence-corrected chi connectivity index (χ0v) is 9.48. The van der Waals surface area contributed by atoms with Gasteiger partial charge in [-0.25, -0.2) is 0 Å². The summed E-state index contributed by atoms with van der Waals surface area (Å²) in [5.41, 5.74) is 0. The van der Waals surface area contributed by atoms with E-state index in [1.807, 2.05) is 0 Å². The van der Waals surface area contributed by atoms with E-state index in [9.17, 15) is 13.2 Å². The lowest BCUT2D eigenvalue weighted by molar-refractivity contribution is -0.120. The van der Waals surface area contributed by atoms with E-state index in [1.165, 1.54) is 25.3 Å². The minimum atomic E-state index is -3.63. The van der Waals surface area contributed by atoms with Crippen molar-refractivity contribution in [1.29, 1.82) is 0 Å². The Kier molecular flexibility index (Phi) is 3.73. The van der Waals surface area contributed by atoms with Crippen molar-refractivity contribution < 1.29 is 26.9 Å². The van der Waals surface area contributed by atoms with Crippen LogP contribution in [0.4, 0.5) is 0 Å². The SMILES string of the molecule is COc1cc(OC=O)ccc1OS(C)(=O)=O. The van der Waals surface area contributed by atoms with Crippen molar-refractivity contribution in [2.75, 3.05) is 13.4 Å². The first kappa shape index (κ1) is 12.3. The van der Waals surface area contributed by atoms with E-state index in [-0.39, 0.29) is 23.7 Å². The van der Waals surface area contributed by atoms with Gasteiger partial charge in [-0.15, -0.1) is 0 Å². The fourth-order valence-electron chi connectivity index (χ4n) is 1.01. The van der Waals surface area contributed by atoms with Crippen molar-refractivity contribution in [2.45, 2.75) is 0 Å². The van der Waals surface area contributed by atoms with Gasteiger partial charge in [-0.3, -0.25) is 4.79 Å². The highest BCUT2D eigenvalue weighted by molar-refractivity contribution is 7.86. The van der Waals surface area contributed by atoms with E-state index in [2.05, 4.69) is 8.92 Å². The maximum absolute atomic E-state index is 10.9. The third kappa shape index (κ3) is 3.43. The van der Waals surface area contributed by atoms with Gasteiger partial charge in [0.15, 0.2) is 11.5 Å². The zero-order chi connectivity index (χ0) is 12.2. The summed E-state index contributed by atoms with van der Waals surface area (Å²) in [4.78, 5) is 10.1. The van der Waals surface area contributed by atoms with Crippen LogP contribution < -0.4 is 13.7 Å². The van der Waals surface area contributed by atoms with Gasteiger partial charge in [0.1, 0.15) is 5.75 Å². The normalized spacial score (nSPS) is 10.6. The Hall–Kier alpha value is -1.76. The van der Waals surface area contributed by atoms with Crippen LogP contribution in [0, 0.1) is 0 Å². The third-order valence-corrected chi connectivity index (χ3v) is 2.04. The van der Waals surface area contributed by atoms with Gasteiger partial charge in [0.05, 0.1) is 13.4 Å². The van der Waals surface area contributed by atoms with E-state index in [0.717, 1.165) is 6.26 Å². The smallest absolute Gasteiger partial charge is 0.306 e. The van der Waals surface area contributed by atoms with Crippen LogP contribution in [0.1, 0.15) is 0 Å². The second-order valence-electron chi connectivity index (χ2n) is 2.81. The summed E-state index contributed by atoms with van der Waals surface area (Å²) >= 11 is 0. The molecule has 1 rings (SSSR count). The molecule has 1 aromatic rings. The number of rotatable bonds is 5. The summed E-state index contributed by atoms with van der Waals surface area (Å²) in [5, 5.41) is 0. The summed E-state index contributed by atoms with van der Waals surface area (Å²) in [6.07, 6.45) is 0.919. The minimum Gasteiger partial charge on any atom is -0.493 e. The monoisotopic (exact) mass is 246 g/mol. The molecular weight excluding hydrogens is 236 g/mol. The quantitative estimate of drug-likeness (QED) is 0.558. The molecule has 0 saturated heterocycles. The lowest BCUT2D eigenvalue weighted by Gasteiger charge is -2.09. The van der Waals surface area contributed by atoms with Crippen molar-refractivity contribution >= 4 is 16.6 Å². The van der Waals surface area contributed by atoms with Gasteiger partial charge < -0.3 is 13.7 Å². The zero-order valence-electron chi connectivity index (χ0n) is 8.67. The van der Waals surface area contributed by atoms with Gasteiger partial charge in [0.25, 0.3) is 6.47 Å². The molecular formula is C9H10O6S. The number of hydrogen-bond donors (Lipinski definition) is 0. The van der Waals surface area contributed by atoms with Gasteiger partial charge in [-0.2, -0.15) is 8.42 Å². The Bertz CT molecular complexity index is 479. The molecule has 0 heterocycles. The molecule has 0 aromatic heterocycles. The van der Waals surface area contributed by atoms with Crippen LogP contribution in [-0.2, 0) is 14.9 Å². The summed E-state index contributed by atoms with van der Waals surface area (Å²) < 4.78 is 35.9. The van der Waals surface area contributed by atoms with Crippen molar-refractivity contribution in [2.24, 2.45) is 0 Å². The first-order valence-electron chi connectivity index (χ1n) is 4.14. The minimum absolute atomic E-state index is 0.0308. The van der Waals surface area contributed by atoms with Gasteiger partial charge in [-0.05, 0) is 12.1 Å². The predicted molar refractivity (Wildman–Crippen MR) is 55.2 cm³/mol. The Morgan fingerprint density at radius 1 is 1.25 bits per heavy atom. The van der Waals surface area contributed by atoms with E-state index < -0.39 is 10.1 Å². The fraction of sp³-hybridized carbons (Fsp3) is 0.222. The van der Waals surface area contributed by atoms with E-state index in [4.69, 9.17) is 4.74 Å². The molecule has 6 nitrogen and oxygen atoms in total. The number of carbonyl (C=O) groups excluding carboxylic acids is 1. The molecule has 0 spiro atoms. The van der Waals surface area contributed by atoms with E-state index >= 15 is 0 Å². The number of carbonyl (C=O) groups is 1. The largest absolute Gasteiger partial charge is 0.493 e. The highest BCUT2D eigenvalue weighted by Crippen LogP contribution is 2.31. The average molecular weight is 246 g/mol. The van der Waals surface area contributed by atoms with Crippen LogP contribution in [0.3, 0.4) is 0 Å². The second kappa shape index (κ2) is 4.84.